The smallest absolute Gasteiger partial charge is 0.265 e. The molecule has 0 aromatic carbocycles. The van der Waals surface area contributed by atoms with Gasteiger partial charge in [-0.05, 0) is 38.3 Å². The number of fused-ring (bicyclic) bond motifs is 2. The molecule has 3 aromatic heterocycles. The maximum Gasteiger partial charge on any atom is 0.265 e. The zero-order valence-corrected chi connectivity index (χ0v) is 18.1. The summed E-state index contributed by atoms with van der Waals surface area (Å²) in [5, 5.41) is 10.8. The van der Waals surface area contributed by atoms with Crippen LogP contribution >= 0.6 is 0 Å². The maximum atomic E-state index is 13.4. The van der Waals surface area contributed by atoms with E-state index >= 15 is 0 Å². The van der Waals surface area contributed by atoms with Crippen LogP contribution in [0.5, 0.6) is 0 Å². The lowest BCUT2D eigenvalue weighted by Gasteiger charge is -2.32. The van der Waals surface area contributed by atoms with E-state index in [1.165, 1.54) is 12.3 Å². The van der Waals surface area contributed by atoms with Gasteiger partial charge in [-0.2, -0.15) is 0 Å². The molecule has 9 heteroatoms. The first-order chi connectivity index (χ1) is 15.3. The maximum absolute atomic E-state index is 13.4. The minimum atomic E-state index is -2.61. The fourth-order valence-electron chi connectivity index (χ4n) is 4.69. The van der Waals surface area contributed by atoms with Gasteiger partial charge >= 0.3 is 0 Å². The second-order valence-electron chi connectivity index (χ2n) is 8.61. The molecule has 7 nitrogen and oxygen atoms in total. The van der Waals surface area contributed by atoms with Crippen molar-refractivity contribution < 1.29 is 13.9 Å². The number of nitrogens with zero attached hydrogens (tertiary/aromatic N) is 5. The molecule has 1 saturated heterocycles. The zero-order valence-electron chi connectivity index (χ0n) is 18.1. The Hall–Kier alpha value is -3.07. The highest BCUT2D eigenvalue weighted by Gasteiger charge is 2.28. The summed E-state index contributed by atoms with van der Waals surface area (Å²) in [7, 11) is 1.73. The van der Waals surface area contributed by atoms with Crippen molar-refractivity contribution in [1.82, 2.24) is 14.5 Å². The quantitative estimate of drug-likeness (QED) is 0.673. The topological polar surface area (TPSA) is 74.5 Å². The Bertz CT molecular complexity index is 1260. The highest BCUT2D eigenvalue weighted by molar-refractivity contribution is 5.94. The molecule has 0 radical (unpaired) electrons. The number of β-amino-alcohol motifs (C(OH)–C–C–N with tert-alkyl or cyclic N) is 1. The molecule has 1 atom stereocenters. The number of hydrogen-bond acceptors (Lipinski definition) is 6. The molecule has 32 heavy (non-hydrogen) atoms. The molecule has 168 valence electrons. The number of aliphatic hydroxyl groups is 1. The number of alkyl halides is 2. The largest absolute Gasteiger partial charge is 0.391 e. The van der Waals surface area contributed by atoms with Gasteiger partial charge in [-0.15, -0.1) is 0 Å². The van der Waals surface area contributed by atoms with E-state index in [0.29, 0.717) is 60.9 Å². The van der Waals surface area contributed by atoms with E-state index < -0.39 is 12.5 Å². The molecule has 5 rings (SSSR count). The summed E-state index contributed by atoms with van der Waals surface area (Å²) in [6.45, 7) is 3.49. The second kappa shape index (κ2) is 7.81. The molecule has 0 aliphatic carbocycles. The van der Waals surface area contributed by atoms with Crippen molar-refractivity contribution in [2.75, 3.05) is 29.4 Å². The van der Waals surface area contributed by atoms with Crippen LogP contribution in [0.2, 0.25) is 0 Å². The van der Waals surface area contributed by atoms with E-state index in [9.17, 15) is 18.7 Å². The van der Waals surface area contributed by atoms with Crippen LogP contribution in [0.3, 0.4) is 0 Å². The summed E-state index contributed by atoms with van der Waals surface area (Å²) in [6.07, 6.45) is 0.384. The first-order valence-electron chi connectivity index (χ1n) is 10.8. The van der Waals surface area contributed by atoms with Crippen molar-refractivity contribution in [2.45, 2.75) is 38.7 Å². The van der Waals surface area contributed by atoms with Crippen molar-refractivity contribution in [3.8, 4) is 0 Å². The predicted molar refractivity (Wildman–Crippen MR) is 119 cm³/mol. The van der Waals surface area contributed by atoms with Crippen LogP contribution in [0.15, 0.2) is 29.2 Å². The summed E-state index contributed by atoms with van der Waals surface area (Å²) in [4.78, 5) is 25.8. The van der Waals surface area contributed by atoms with Crippen LogP contribution < -0.4 is 15.4 Å². The molecule has 3 aromatic rings. The first kappa shape index (κ1) is 20.8. The number of aromatic nitrogens is 3. The van der Waals surface area contributed by atoms with Gasteiger partial charge < -0.3 is 19.5 Å². The lowest BCUT2D eigenvalue weighted by atomic mass is 10.0. The number of aryl methyl sites for hydroxylation is 3. The average molecular weight is 441 g/mol. The van der Waals surface area contributed by atoms with Gasteiger partial charge in [0.25, 0.3) is 12.0 Å². The molecule has 0 amide bonds. The molecular weight excluding hydrogens is 416 g/mol. The fraction of sp³-hybridized carbons (Fsp3) is 0.435. The van der Waals surface area contributed by atoms with Gasteiger partial charge in [0.2, 0.25) is 0 Å². The van der Waals surface area contributed by atoms with Gasteiger partial charge in [0.05, 0.1) is 23.0 Å². The van der Waals surface area contributed by atoms with Gasteiger partial charge in [0.1, 0.15) is 11.6 Å². The lowest BCUT2D eigenvalue weighted by Crippen LogP contribution is -2.29. The Morgan fingerprint density at radius 2 is 2.03 bits per heavy atom. The molecule has 2 aliphatic rings. The second-order valence-corrected chi connectivity index (χ2v) is 8.61. The third-order valence-electron chi connectivity index (χ3n) is 6.42. The monoisotopic (exact) mass is 441 g/mol. The normalized spacial score (nSPS) is 18.6. The highest BCUT2D eigenvalue weighted by atomic mass is 19.3. The Morgan fingerprint density at radius 1 is 1.22 bits per heavy atom. The van der Waals surface area contributed by atoms with Crippen LogP contribution in [0.1, 0.15) is 36.1 Å². The number of anilines is 3. The molecule has 1 fully saturated rings. The molecule has 1 unspecified atom stereocenters. The SMILES string of the molecule is Cc1cc2c(N3CCCc4ncc(C(F)F)cc43)nc(N3CCC(O)C3)cc2n(C)c1=O. The summed E-state index contributed by atoms with van der Waals surface area (Å²) in [5.74, 6) is 1.28. The minimum absolute atomic E-state index is 0.0947. The van der Waals surface area contributed by atoms with Crippen molar-refractivity contribution in [2.24, 2.45) is 7.05 Å². The Balaban J connectivity index is 1.75. The average Bonchev–Trinajstić information content (AvgIpc) is 3.22. The fourth-order valence-corrected chi connectivity index (χ4v) is 4.69. The minimum Gasteiger partial charge on any atom is -0.391 e. The van der Waals surface area contributed by atoms with Crippen molar-refractivity contribution in [3.63, 3.8) is 0 Å². The molecule has 0 spiro atoms. The molecule has 0 saturated carbocycles. The number of halogens is 2. The van der Waals surface area contributed by atoms with Gasteiger partial charge in [-0.3, -0.25) is 9.78 Å². The van der Waals surface area contributed by atoms with Crippen molar-refractivity contribution >= 4 is 28.2 Å². The van der Waals surface area contributed by atoms with Crippen molar-refractivity contribution in [1.29, 1.82) is 0 Å². The lowest BCUT2D eigenvalue weighted by molar-refractivity contribution is 0.151. The van der Waals surface area contributed by atoms with Crippen LogP contribution in [-0.2, 0) is 13.5 Å². The van der Waals surface area contributed by atoms with Gasteiger partial charge in [0, 0.05) is 55.5 Å². The third kappa shape index (κ3) is 3.40. The molecule has 0 bridgehead atoms. The number of rotatable bonds is 3. The van der Waals surface area contributed by atoms with Gasteiger partial charge in [-0.1, -0.05) is 0 Å². The van der Waals surface area contributed by atoms with Crippen LogP contribution in [0.4, 0.5) is 26.1 Å². The van der Waals surface area contributed by atoms with Crippen LogP contribution in [0.25, 0.3) is 10.9 Å². The third-order valence-corrected chi connectivity index (χ3v) is 6.42. The first-order valence-corrected chi connectivity index (χ1v) is 10.8. The summed E-state index contributed by atoms with van der Waals surface area (Å²) >= 11 is 0. The molecular formula is C23H25F2N5O2. The van der Waals surface area contributed by atoms with Crippen LogP contribution in [0, 0.1) is 6.92 Å². The van der Waals surface area contributed by atoms with E-state index in [1.54, 1.807) is 18.5 Å². The zero-order chi connectivity index (χ0) is 22.6. The standard InChI is InChI=1S/C23H25F2N5O2/c1-13-8-16-18(28(2)23(13)32)10-20(29-7-5-15(31)12-29)27-22(16)30-6-3-4-17-19(30)9-14(11-26-17)21(24)25/h8-11,15,21,31H,3-7,12H2,1-2H3. The number of aliphatic hydroxyl groups excluding tert-OH is 1. The van der Waals surface area contributed by atoms with Gasteiger partial charge in [0.15, 0.2) is 0 Å². The van der Waals surface area contributed by atoms with E-state index in [2.05, 4.69) is 4.98 Å². The molecule has 1 N–H and O–H groups in total. The van der Waals surface area contributed by atoms with E-state index in [0.717, 1.165) is 17.5 Å². The van der Waals surface area contributed by atoms with E-state index in [1.807, 2.05) is 21.9 Å². The Labute approximate surface area is 183 Å². The Morgan fingerprint density at radius 3 is 2.75 bits per heavy atom. The number of pyridine rings is 3. The Kier molecular flexibility index (Phi) is 5.08. The predicted octanol–water partition coefficient (Wildman–Crippen LogP) is 3.23. The molecule has 2 aliphatic heterocycles. The summed E-state index contributed by atoms with van der Waals surface area (Å²) < 4.78 is 28.5. The van der Waals surface area contributed by atoms with Crippen molar-refractivity contribution in [3.05, 3.63) is 51.6 Å². The van der Waals surface area contributed by atoms with Crippen LogP contribution in [-0.4, -0.2) is 45.4 Å². The van der Waals surface area contributed by atoms with E-state index in [-0.39, 0.29) is 11.1 Å². The van der Waals surface area contributed by atoms with E-state index in [4.69, 9.17) is 4.98 Å². The summed E-state index contributed by atoms with van der Waals surface area (Å²) in [6, 6.07) is 5.19. The van der Waals surface area contributed by atoms with Gasteiger partial charge in [-0.25, -0.2) is 13.8 Å². The summed E-state index contributed by atoms with van der Waals surface area (Å²) in [5.41, 5.74) is 2.48. The number of hydrogen-bond donors (Lipinski definition) is 1. The highest BCUT2D eigenvalue weighted by Crippen LogP contribution is 2.38. The molecule has 5 heterocycles.